The maximum absolute atomic E-state index is 13.3. The van der Waals surface area contributed by atoms with E-state index in [1.165, 1.54) is 16.7 Å². The van der Waals surface area contributed by atoms with Gasteiger partial charge in [-0.05, 0) is 42.2 Å². The van der Waals surface area contributed by atoms with Crippen LogP contribution in [0.4, 0.5) is 0 Å². The van der Waals surface area contributed by atoms with E-state index < -0.39 is 0 Å². The summed E-state index contributed by atoms with van der Waals surface area (Å²) in [5, 5.41) is 0. The van der Waals surface area contributed by atoms with Gasteiger partial charge >= 0.3 is 0 Å². The zero-order valence-electron chi connectivity index (χ0n) is 19.6. The van der Waals surface area contributed by atoms with E-state index >= 15 is 0 Å². The quantitative estimate of drug-likeness (QED) is 0.708. The van der Waals surface area contributed by atoms with E-state index in [2.05, 4.69) is 59.2 Å². The Bertz CT molecular complexity index is 933. The number of carbonyl (C=O) groups excluding carboxylic acids is 1. The number of methoxy groups -OCH3 is 1. The van der Waals surface area contributed by atoms with E-state index in [0.29, 0.717) is 17.9 Å². The number of amides is 1. The zero-order chi connectivity index (χ0) is 22.2. The number of likely N-dealkylation sites (tertiary alicyclic amines) is 2. The Morgan fingerprint density at radius 3 is 2.58 bits per heavy atom. The van der Waals surface area contributed by atoms with Crippen molar-refractivity contribution in [2.75, 3.05) is 26.7 Å². The fourth-order valence-electron chi connectivity index (χ4n) is 5.37. The van der Waals surface area contributed by atoms with Crippen molar-refractivity contribution < 1.29 is 9.53 Å². The highest BCUT2D eigenvalue weighted by molar-refractivity contribution is 5.82. The molecule has 0 unspecified atom stereocenters. The first-order valence-electron chi connectivity index (χ1n) is 11.5. The second-order valence-electron chi connectivity index (χ2n) is 10.3. The van der Waals surface area contributed by atoms with Gasteiger partial charge in [-0.25, -0.2) is 0 Å². The normalized spacial score (nSPS) is 24.2. The molecular weight excluding hydrogens is 384 g/mol. The lowest BCUT2D eigenvalue weighted by atomic mass is 9.81. The van der Waals surface area contributed by atoms with Crippen LogP contribution in [0.1, 0.15) is 49.8 Å². The van der Waals surface area contributed by atoms with Gasteiger partial charge in [-0.3, -0.25) is 9.69 Å². The molecule has 2 heterocycles. The van der Waals surface area contributed by atoms with Gasteiger partial charge in [0, 0.05) is 49.5 Å². The fourth-order valence-corrected chi connectivity index (χ4v) is 5.37. The summed E-state index contributed by atoms with van der Waals surface area (Å²) in [6.07, 6.45) is 1.04. The minimum atomic E-state index is -0.355. The molecule has 3 atom stereocenters. The molecule has 4 heteroatoms. The molecule has 1 amide bonds. The van der Waals surface area contributed by atoms with Crippen molar-refractivity contribution in [3.05, 3.63) is 65.2 Å². The van der Waals surface area contributed by atoms with Gasteiger partial charge in [-0.1, -0.05) is 57.2 Å². The number of benzene rings is 2. The summed E-state index contributed by atoms with van der Waals surface area (Å²) in [6.45, 7) is 12.2. The summed E-state index contributed by atoms with van der Waals surface area (Å²) in [7, 11) is 1.72. The highest BCUT2D eigenvalue weighted by atomic mass is 16.5. The van der Waals surface area contributed by atoms with Crippen LogP contribution in [0.15, 0.2) is 48.5 Å². The van der Waals surface area contributed by atoms with E-state index in [9.17, 15) is 4.79 Å². The maximum Gasteiger partial charge on any atom is 0.228 e. The molecule has 2 fully saturated rings. The van der Waals surface area contributed by atoms with Crippen LogP contribution in [0.2, 0.25) is 0 Å². The zero-order valence-corrected chi connectivity index (χ0v) is 19.6. The molecule has 0 radical (unpaired) electrons. The Balaban J connectivity index is 1.61. The molecule has 0 aromatic heterocycles. The molecule has 2 aliphatic heterocycles. The van der Waals surface area contributed by atoms with Crippen LogP contribution in [0, 0.1) is 18.3 Å². The first-order valence-corrected chi connectivity index (χ1v) is 11.5. The Hall–Kier alpha value is -2.33. The van der Waals surface area contributed by atoms with Gasteiger partial charge in [0.2, 0.25) is 5.91 Å². The number of piperidine rings is 1. The van der Waals surface area contributed by atoms with Crippen molar-refractivity contribution in [1.29, 1.82) is 0 Å². The third kappa shape index (κ3) is 4.50. The number of fused-ring (bicyclic) bond motifs is 1. The smallest absolute Gasteiger partial charge is 0.228 e. The number of nitrogens with zero attached hydrogens (tertiary/aromatic N) is 2. The molecule has 0 spiro atoms. The molecule has 4 nitrogen and oxygen atoms in total. The number of hydrogen-bond acceptors (Lipinski definition) is 3. The predicted molar refractivity (Wildman–Crippen MR) is 125 cm³/mol. The van der Waals surface area contributed by atoms with Gasteiger partial charge in [-0.15, -0.1) is 0 Å². The van der Waals surface area contributed by atoms with Crippen molar-refractivity contribution in [3.8, 4) is 5.75 Å². The predicted octanol–water partition coefficient (Wildman–Crippen LogP) is 4.87. The molecule has 31 heavy (non-hydrogen) atoms. The Labute approximate surface area is 187 Å². The van der Waals surface area contributed by atoms with Crippen LogP contribution < -0.4 is 4.74 Å². The van der Waals surface area contributed by atoms with E-state index in [1.54, 1.807) is 7.11 Å². The maximum atomic E-state index is 13.3. The minimum absolute atomic E-state index is 0.278. The number of rotatable bonds is 4. The number of hydrogen-bond donors (Lipinski definition) is 0. The van der Waals surface area contributed by atoms with E-state index in [1.807, 2.05) is 26.8 Å². The van der Waals surface area contributed by atoms with Crippen molar-refractivity contribution in [2.45, 2.75) is 52.6 Å². The number of aryl methyl sites for hydroxylation is 1. The molecule has 2 aromatic rings. The Morgan fingerprint density at radius 1 is 1.10 bits per heavy atom. The summed E-state index contributed by atoms with van der Waals surface area (Å²) >= 11 is 0. The first kappa shape index (κ1) is 21.9. The molecule has 166 valence electrons. The highest BCUT2D eigenvalue weighted by Gasteiger charge is 2.48. The molecule has 2 aromatic carbocycles. The first-order chi connectivity index (χ1) is 14.8. The lowest BCUT2D eigenvalue weighted by Crippen LogP contribution is -2.50. The molecular formula is C27H36N2O2. The van der Waals surface area contributed by atoms with E-state index in [-0.39, 0.29) is 11.3 Å². The number of carbonyl (C=O) groups is 1. The van der Waals surface area contributed by atoms with Gasteiger partial charge in [0.15, 0.2) is 0 Å². The van der Waals surface area contributed by atoms with Crippen LogP contribution >= 0.6 is 0 Å². The van der Waals surface area contributed by atoms with Crippen LogP contribution in [0.3, 0.4) is 0 Å². The molecule has 2 saturated heterocycles. The highest BCUT2D eigenvalue weighted by Crippen LogP contribution is 2.43. The summed E-state index contributed by atoms with van der Waals surface area (Å²) in [4.78, 5) is 18.1. The van der Waals surface area contributed by atoms with Gasteiger partial charge < -0.3 is 9.64 Å². The molecule has 2 aliphatic rings. The SMILES string of the molecule is COc1cccc([C@@H]2CN(C(=O)C(C)(C)C)[C@H]3CCN(Cc4ccccc4C)C[C@@H]23)c1. The lowest BCUT2D eigenvalue weighted by Gasteiger charge is -2.40. The van der Waals surface area contributed by atoms with Crippen LogP contribution in [-0.2, 0) is 11.3 Å². The minimum Gasteiger partial charge on any atom is -0.497 e. The number of ether oxygens (including phenoxy) is 1. The summed E-state index contributed by atoms with van der Waals surface area (Å²) in [5.74, 6) is 1.95. The average molecular weight is 421 g/mol. The topological polar surface area (TPSA) is 32.8 Å². The van der Waals surface area contributed by atoms with E-state index in [0.717, 1.165) is 38.3 Å². The second kappa shape index (κ2) is 8.66. The molecule has 0 saturated carbocycles. The largest absolute Gasteiger partial charge is 0.497 e. The third-order valence-electron chi connectivity index (χ3n) is 7.09. The molecule has 0 bridgehead atoms. The lowest BCUT2D eigenvalue weighted by molar-refractivity contribution is -0.141. The van der Waals surface area contributed by atoms with Crippen LogP contribution in [0.5, 0.6) is 5.75 Å². The van der Waals surface area contributed by atoms with E-state index in [4.69, 9.17) is 4.74 Å². The van der Waals surface area contributed by atoms with Gasteiger partial charge in [0.25, 0.3) is 0 Å². The summed E-state index contributed by atoms with van der Waals surface area (Å²) < 4.78 is 5.50. The monoisotopic (exact) mass is 420 g/mol. The van der Waals surface area contributed by atoms with Crippen molar-refractivity contribution >= 4 is 5.91 Å². The van der Waals surface area contributed by atoms with Gasteiger partial charge in [0.05, 0.1) is 7.11 Å². The summed E-state index contributed by atoms with van der Waals surface area (Å²) in [5.41, 5.74) is 3.69. The Morgan fingerprint density at radius 2 is 1.87 bits per heavy atom. The third-order valence-corrected chi connectivity index (χ3v) is 7.09. The van der Waals surface area contributed by atoms with Crippen molar-refractivity contribution in [1.82, 2.24) is 9.80 Å². The fraction of sp³-hybridized carbons (Fsp3) is 0.519. The van der Waals surface area contributed by atoms with Gasteiger partial charge in [-0.2, -0.15) is 0 Å². The Kier molecular flexibility index (Phi) is 6.11. The van der Waals surface area contributed by atoms with Crippen LogP contribution in [0.25, 0.3) is 0 Å². The van der Waals surface area contributed by atoms with Crippen molar-refractivity contribution in [2.24, 2.45) is 11.3 Å². The second-order valence-corrected chi connectivity index (χ2v) is 10.3. The molecule has 0 N–H and O–H groups in total. The molecule has 4 rings (SSSR count). The van der Waals surface area contributed by atoms with Crippen molar-refractivity contribution in [3.63, 3.8) is 0 Å². The molecule has 0 aliphatic carbocycles. The standard InChI is InChI=1S/C27H36N2O2/c1-19-9-6-7-10-21(19)16-28-14-13-25-24(17-28)23(18-29(25)26(30)27(2,3)4)20-11-8-12-22(15-20)31-5/h6-12,15,23-25H,13-14,16-18H2,1-5H3/t23-,24-,25-/m0/s1. The van der Waals surface area contributed by atoms with Gasteiger partial charge in [0.1, 0.15) is 5.75 Å². The summed E-state index contributed by atoms with van der Waals surface area (Å²) in [6, 6.07) is 17.4. The van der Waals surface area contributed by atoms with Crippen LogP contribution in [-0.4, -0.2) is 48.5 Å². The average Bonchev–Trinajstić information content (AvgIpc) is 3.13.